The van der Waals surface area contributed by atoms with Crippen molar-refractivity contribution in [2.24, 2.45) is 0 Å². The number of amides is 2. The Hall–Kier alpha value is -2.93. The highest BCUT2D eigenvalue weighted by atomic mass is 35.5. The van der Waals surface area contributed by atoms with E-state index in [4.69, 9.17) is 25.8 Å². The molecule has 1 aliphatic heterocycles. The Morgan fingerprint density at radius 3 is 2.36 bits per heavy atom. The van der Waals surface area contributed by atoms with Crippen molar-refractivity contribution in [3.8, 4) is 5.75 Å². The van der Waals surface area contributed by atoms with E-state index in [1.165, 1.54) is 0 Å². The number of carbonyl (C=O) groups is 2. The number of halogens is 1. The maximum absolute atomic E-state index is 12.8. The van der Waals surface area contributed by atoms with Gasteiger partial charge in [0.2, 0.25) is 0 Å². The number of ether oxygens (including phenoxy) is 3. The number of benzene rings is 2. The van der Waals surface area contributed by atoms with Crippen LogP contribution in [0.4, 0.5) is 9.59 Å². The molecule has 0 saturated carbocycles. The van der Waals surface area contributed by atoms with Crippen LogP contribution in [0.15, 0.2) is 54.6 Å². The van der Waals surface area contributed by atoms with Crippen LogP contribution in [0.3, 0.4) is 0 Å². The Morgan fingerprint density at radius 2 is 1.70 bits per heavy atom. The van der Waals surface area contributed by atoms with Crippen LogP contribution >= 0.6 is 11.6 Å². The molecule has 0 radical (unpaired) electrons. The average molecular weight is 475 g/mol. The molecule has 8 heteroatoms. The van der Waals surface area contributed by atoms with Crippen molar-refractivity contribution >= 4 is 23.8 Å². The standard InChI is InChI=1S/C25H31ClN2O5/c1-25(2,3)33-24(30)28-15-14-27(23(29)32-18-19-7-5-4-6-8-19)17-21(28)13-16-31-22-11-9-20(26)10-12-22/h4-12,21H,13-18H2,1-3H3/t21-/m1/s1. The monoisotopic (exact) mass is 474 g/mol. The Bertz CT molecular complexity index is 915. The first-order valence-electron chi connectivity index (χ1n) is 11.0. The lowest BCUT2D eigenvalue weighted by atomic mass is 10.1. The second kappa shape index (κ2) is 11.3. The van der Waals surface area contributed by atoms with Crippen LogP contribution in [0.1, 0.15) is 32.8 Å². The van der Waals surface area contributed by atoms with Gasteiger partial charge >= 0.3 is 12.2 Å². The van der Waals surface area contributed by atoms with Gasteiger partial charge in [0.25, 0.3) is 0 Å². The van der Waals surface area contributed by atoms with Gasteiger partial charge in [0.1, 0.15) is 18.0 Å². The molecule has 1 atom stereocenters. The van der Waals surface area contributed by atoms with E-state index in [1.54, 1.807) is 34.1 Å². The second-order valence-electron chi connectivity index (χ2n) is 8.90. The SMILES string of the molecule is CC(C)(C)OC(=O)N1CCN(C(=O)OCc2ccccc2)C[C@H]1CCOc1ccc(Cl)cc1. The zero-order chi connectivity index (χ0) is 23.8. The van der Waals surface area contributed by atoms with E-state index < -0.39 is 17.8 Å². The normalized spacial score (nSPS) is 16.3. The predicted octanol–water partition coefficient (Wildman–Crippen LogP) is 5.37. The van der Waals surface area contributed by atoms with Gasteiger partial charge in [-0.3, -0.25) is 0 Å². The molecular formula is C25H31ClN2O5. The molecule has 2 amide bonds. The van der Waals surface area contributed by atoms with Crippen LogP contribution in [-0.2, 0) is 16.1 Å². The summed E-state index contributed by atoms with van der Waals surface area (Å²) in [7, 11) is 0. The molecule has 0 aliphatic carbocycles. The molecule has 1 fully saturated rings. The topological polar surface area (TPSA) is 68.3 Å². The molecule has 0 N–H and O–H groups in total. The summed E-state index contributed by atoms with van der Waals surface area (Å²) in [5.74, 6) is 0.693. The second-order valence-corrected chi connectivity index (χ2v) is 9.34. The summed E-state index contributed by atoms with van der Waals surface area (Å²) in [4.78, 5) is 28.8. The van der Waals surface area contributed by atoms with Crippen LogP contribution in [0.2, 0.25) is 5.02 Å². The number of hydrogen-bond donors (Lipinski definition) is 0. The predicted molar refractivity (Wildman–Crippen MR) is 126 cm³/mol. The molecule has 1 heterocycles. The molecule has 1 aliphatic rings. The van der Waals surface area contributed by atoms with E-state index in [9.17, 15) is 9.59 Å². The van der Waals surface area contributed by atoms with E-state index in [2.05, 4.69) is 0 Å². The highest BCUT2D eigenvalue weighted by Gasteiger charge is 2.35. The molecule has 7 nitrogen and oxygen atoms in total. The number of nitrogens with zero attached hydrogens (tertiary/aromatic N) is 2. The van der Waals surface area contributed by atoms with Crippen molar-refractivity contribution in [3.63, 3.8) is 0 Å². The maximum atomic E-state index is 12.8. The van der Waals surface area contributed by atoms with Crippen molar-refractivity contribution in [2.75, 3.05) is 26.2 Å². The average Bonchev–Trinajstić information content (AvgIpc) is 2.78. The van der Waals surface area contributed by atoms with Gasteiger partial charge in [-0.15, -0.1) is 0 Å². The smallest absolute Gasteiger partial charge is 0.410 e. The Balaban J connectivity index is 1.60. The highest BCUT2D eigenvalue weighted by Crippen LogP contribution is 2.20. The van der Waals surface area contributed by atoms with E-state index >= 15 is 0 Å². The van der Waals surface area contributed by atoms with Gasteiger partial charge in [0, 0.05) is 31.1 Å². The van der Waals surface area contributed by atoms with Crippen molar-refractivity contribution < 1.29 is 23.8 Å². The molecule has 2 aromatic carbocycles. The van der Waals surface area contributed by atoms with E-state index in [0.717, 1.165) is 5.56 Å². The van der Waals surface area contributed by atoms with Gasteiger partial charge < -0.3 is 24.0 Å². The summed E-state index contributed by atoms with van der Waals surface area (Å²) in [6.45, 7) is 7.16. The first-order chi connectivity index (χ1) is 15.7. The summed E-state index contributed by atoms with van der Waals surface area (Å²) >= 11 is 5.92. The van der Waals surface area contributed by atoms with Crippen LogP contribution in [0.25, 0.3) is 0 Å². The van der Waals surface area contributed by atoms with Crippen LogP contribution in [-0.4, -0.2) is 59.9 Å². The maximum Gasteiger partial charge on any atom is 0.410 e. The van der Waals surface area contributed by atoms with Gasteiger partial charge in [0.15, 0.2) is 0 Å². The summed E-state index contributed by atoms with van der Waals surface area (Å²) in [5, 5.41) is 0.635. The van der Waals surface area contributed by atoms with Gasteiger partial charge in [-0.05, 0) is 50.6 Å². The molecule has 178 valence electrons. The summed E-state index contributed by atoms with van der Waals surface area (Å²) in [6, 6.07) is 16.4. The van der Waals surface area contributed by atoms with E-state index in [1.807, 2.05) is 51.1 Å². The fourth-order valence-corrected chi connectivity index (χ4v) is 3.61. The third kappa shape index (κ3) is 7.86. The molecule has 1 saturated heterocycles. The lowest BCUT2D eigenvalue weighted by Gasteiger charge is -2.41. The molecule has 33 heavy (non-hydrogen) atoms. The van der Waals surface area contributed by atoms with E-state index in [0.29, 0.717) is 43.4 Å². The Kier molecular flexibility index (Phi) is 8.44. The quantitative estimate of drug-likeness (QED) is 0.563. The third-order valence-corrected chi connectivity index (χ3v) is 5.36. The Labute approximate surface area is 200 Å². The number of hydrogen-bond acceptors (Lipinski definition) is 5. The third-order valence-electron chi connectivity index (χ3n) is 5.11. The van der Waals surface area contributed by atoms with Crippen molar-refractivity contribution in [2.45, 2.75) is 45.4 Å². The highest BCUT2D eigenvalue weighted by molar-refractivity contribution is 6.30. The number of piperazine rings is 1. The number of carbonyl (C=O) groups excluding carboxylic acids is 2. The zero-order valence-electron chi connectivity index (χ0n) is 19.3. The van der Waals surface area contributed by atoms with Gasteiger partial charge in [-0.2, -0.15) is 0 Å². The van der Waals surface area contributed by atoms with Crippen LogP contribution < -0.4 is 4.74 Å². The fraction of sp³-hybridized carbons (Fsp3) is 0.440. The Morgan fingerprint density at radius 1 is 1.00 bits per heavy atom. The van der Waals surface area contributed by atoms with Crippen LogP contribution in [0.5, 0.6) is 5.75 Å². The molecule has 3 rings (SSSR count). The molecule has 0 spiro atoms. The minimum absolute atomic E-state index is 0.205. The molecule has 0 aromatic heterocycles. The zero-order valence-corrected chi connectivity index (χ0v) is 20.1. The molecule has 0 bridgehead atoms. The molecule has 0 unspecified atom stereocenters. The minimum atomic E-state index is -0.604. The lowest BCUT2D eigenvalue weighted by molar-refractivity contribution is -0.00614. The fourth-order valence-electron chi connectivity index (χ4n) is 3.48. The van der Waals surface area contributed by atoms with Crippen LogP contribution in [0, 0.1) is 0 Å². The van der Waals surface area contributed by atoms with E-state index in [-0.39, 0.29) is 12.6 Å². The number of rotatable bonds is 6. The van der Waals surface area contributed by atoms with Gasteiger partial charge in [0.05, 0.1) is 12.6 Å². The summed E-state index contributed by atoms with van der Waals surface area (Å²) < 4.78 is 16.9. The van der Waals surface area contributed by atoms with Crippen molar-refractivity contribution in [1.29, 1.82) is 0 Å². The minimum Gasteiger partial charge on any atom is -0.494 e. The molecular weight excluding hydrogens is 444 g/mol. The summed E-state index contributed by atoms with van der Waals surface area (Å²) in [5.41, 5.74) is 0.318. The van der Waals surface area contributed by atoms with Gasteiger partial charge in [-0.1, -0.05) is 41.9 Å². The van der Waals surface area contributed by atoms with Crippen molar-refractivity contribution in [3.05, 3.63) is 65.2 Å². The lowest BCUT2D eigenvalue weighted by Crippen LogP contribution is -2.57. The summed E-state index contributed by atoms with van der Waals surface area (Å²) in [6.07, 6.45) is -0.257. The van der Waals surface area contributed by atoms with Gasteiger partial charge in [-0.25, -0.2) is 9.59 Å². The first-order valence-corrected chi connectivity index (χ1v) is 11.4. The largest absolute Gasteiger partial charge is 0.494 e. The first kappa shape index (κ1) is 24.7. The van der Waals surface area contributed by atoms with Crippen molar-refractivity contribution in [1.82, 2.24) is 9.80 Å². The molecule has 2 aromatic rings.